The van der Waals surface area contributed by atoms with Crippen LogP contribution >= 0.6 is 7.14 Å². The van der Waals surface area contributed by atoms with E-state index in [4.69, 9.17) is 0 Å². The first kappa shape index (κ1) is 17.7. The summed E-state index contributed by atoms with van der Waals surface area (Å²) in [6, 6.07) is 28.1. The van der Waals surface area contributed by atoms with E-state index in [0.717, 1.165) is 22.3 Å². The molecule has 0 bridgehead atoms. The van der Waals surface area contributed by atoms with Gasteiger partial charge >= 0.3 is 0 Å². The summed E-state index contributed by atoms with van der Waals surface area (Å²) in [7, 11) is -2.83. The molecule has 3 aromatic rings. The van der Waals surface area contributed by atoms with Gasteiger partial charge in [-0.15, -0.1) is 0 Å². The summed E-state index contributed by atoms with van der Waals surface area (Å²) in [5.74, 6) is 0. The predicted molar refractivity (Wildman–Crippen MR) is 109 cm³/mol. The molecule has 3 aromatic carbocycles. The number of aryl methyl sites for hydroxylation is 1. The van der Waals surface area contributed by atoms with Crippen molar-refractivity contribution >= 4 is 23.1 Å². The van der Waals surface area contributed by atoms with E-state index in [1.807, 2.05) is 60.7 Å². The van der Waals surface area contributed by atoms with Crippen molar-refractivity contribution in [1.82, 2.24) is 0 Å². The molecule has 0 amide bonds. The lowest BCUT2D eigenvalue weighted by Gasteiger charge is -2.20. The SMILES string of the molecule is CCCCCc1ccc(P(=O)(c2ccccc2)c2ccccc2)cc1. The Kier molecular flexibility index (Phi) is 5.89. The first-order chi connectivity index (χ1) is 12.2. The highest BCUT2D eigenvalue weighted by Gasteiger charge is 2.29. The summed E-state index contributed by atoms with van der Waals surface area (Å²) in [6.45, 7) is 2.22. The van der Waals surface area contributed by atoms with Gasteiger partial charge in [-0.05, 0) is 18.4 Å². The van der Waals surface area contributed by atoms with Crippen LogP contribution in [-0.4, -0.2) is 0 Å². The van der Waals surface area contributed by atoms with E-state index in [1.165, 1.54) is 24.8 Å². The van der Waals surface area contributed by atoms with Crippen molar-refractivity contribution in [2.75, 3.05) is 0 Å². The third kappa shape index (κ3) is 3.94. The molecule has 0 heterocycles. The number of hydrogen-bond donors (Lipinski definition) is 0. The summed E-state index contributed by atoms with van der Waals surface area (Å²) in [6.07, 6.45) is 4.80. The largest absolute Gasteiger partial charge is 0.309 e. The quantitative estimate of drug-likeness (QED) is 0.431. The fourth-order valence-electron chi connectivity index (χ4n) is 3.17. The zero-order valence-corrected chi connectivity index (χ0v) is 15.7. The highest BCUT2D eigenvalue weighted by molar-refractivity contribution is 7.85. The van der Waals surface area contributed by atoms with Crippen LogP contribution in [0.4, 0.5) is 0 Å². The lowest BCUT2D eigenvalue weighted by Crippen LogP contribution is -2.24. The second-order valence-corrected chi connectivity index (χ2v) is 9.17. The third-order valence-corrected chi connectivity index (χ3v) is 7.68. The van der Waals surface area contributed by atoms with Gasteiger partial charge in [-0.25, -0.2) is 0 Å². The molecule has 0 saturated heterocycles. The van der Waals surface area contributed by atoms with Crippen molar-refractivity contribution < 1.29 is 4.57 Å². The molecule has 0 radical (unpaired) electrons. The Balaban J connectivity index is 2.00. The Hall–Kier alpha value is -2.11. The fourth-order valence-corrected chi connectivity index (χ4v) is 5.82. The maximum atomic E-state index is 14.2. The molecule has 0 saturated carbocycles. The van der Waals surface area contributed by atoms with Gasteiger partial charge in [0.2, 0.25) is 0 Å². The molecule has 2 heteroatoms. The third-order valence-electron chi connectivity index (χ3n) is 4.61. The van der Waals surface area contributed by atoms with E-state index >= 15 is 0 Å². The molecule has 0 aromatic heterocycles. The predicted octanol–water partition coefficient (Wildman–Crippen LogP) is 5.06. The lowest BCUT2D eigenvalue weighted by molar-refractivity contribution is 0.592. The molecule has 1 nitrogen and oxygen atoms in total. The topological polar surface area (TPSA) is 17.1 Å². The number of rotatable bonds is 7. The van der Waals surface area contributed by atoms with E-state index in [0.29, 0.717) is 0 Å². The molecule has 0 atom stereocenters. The Labute approximate surface area is 151 Å². The zero-order chi connectivity index (χ0) is 17.5. The molecule has 128 valence electrons. The van der Waals surface area contributed by atoms with E-state index < -0.39 is 7.14 Å². The van der Waals surface area contributed by atoms with Gasteiger partial charge in [0.05, 0.1) is 0 Å². The summed E-state index contributed by atoms with van der Waals surface area (Å²) >= 11 is 0. The molecule has 0 aliphatic rings. The van der Waals surface area contributed by atoms with Gasteiger partial charge in [0.25, 0.3) is 0 Å². The summed E-state index contributed by atoms with van der Waals surface area (Å²) in [4.78, 5) is 0. The van der Waals surface area contributed by atoms with Crippen molar-refractivity contribution in [2.45, 2.75) is 32.6 Å². The number of unbranched alkanes of at least 4 members (excludes halogenated alkanes) is 2. The lowest BCUT2D eigenvalue weighted by atomic mass is 10.1. The fraction of sp³-hybridized carbons (Fsp3) is 0.217. The van der Waals surface area contributed by atoms with Gasteiger partial charge in [0.15, 0.2) is 7.14 Å². The van der Waals surface area contributed by atoms with Crippen LogP contribution in [0.5, 0.6) is 0 Å². The van der Waals surface area contributed by atoms with Crippen LogP contribution in [0.1, 0.15) is 31.7 Å². The molecule has 3 rings (SSSR count). The van der Waals surface area contributed by atoms with E-state index in [1.54, 1.807) is 0 Å². The van der Waals surface area contributed by atoms with Crippen LogP contribution in [0.15, 0.2) is 84.9 Å². The molecular formula is C23H25OP. The van der Waals surface area contributed by atoms with Gasteiger partial charge in [-0.3, -0.25) is 0 Å². The minimum Gasteiger partial charge on any atom is -0.309 e. The minimum atomic E-state index is -2.83. The molecule has 25 heavy (non-hydrogen) atoms. The van der Waals surface area contributed by atoms with Crippen LogP contribution < -0.4 is 15.9 Å². The molecule has 0 fully saturated rings. The molecule has 0 aliphatic heterocycles. The highest BCUT2D eigenvalue weighted by atomic mass is 31.2. The van der Waals surface area contributed by atoms with Crippen LogP contribution in [-0.2, 0) is 11.0 Å². The smallest absolute Gasteiger partial charge is 0.171 e. The first-order valence-corrected chi connectivity index (χ1v) is 10.8. The van der Waals surface area contributed by atoms with Crippen molar-refractivity contribution in [1.29, 1.82) is 0 Å². The first-order valence-electron chi connectivity index (χ1n) is 9.06. The summed E-state index contributed by atoms with van der Waals surface area (Å²) < 4.78 is 14.2. The minimum absolute atomic E-state index is 0.889. The zero-order valence-electron chi connectivity index (χ0n) is 14.8. The van der Waals surface area contributed by atoms with E-state index in [2.05, 4.69) is 31.2 Å². The van der Waals surface area contributed by atoms with Crippen LogP contribution in [0.3, 0.4) is 0 Å². The van der Waals surface area contributed by atoms with E-state index in [9.17, 15) is 4.57 Å². The average molecular weight is 348 g/mol. The van der Waals surface area contributed by atoms with Gasteiger partial charge < -0.3 is 4.57 Å². The molecule has 0 unspecified atom stereocenters. The van der Waals surface area contributed by atoms with Crippen LogP contribution in [0, 0.1) is 0 Å². The molecular weight excluding hydrogens is 323 g/mol. The van der Waals surface area contributed by atoms with Crippen LogP contribution in [0.2, 0.25) is 0 Å². The molecule has 0 N–H and O–H groups in total. The van der Waals surface area contributed by atoms with Crippen LogP contribution in [0.25, 0.3) is 0 Å². The molecule has 0 aliphatic carbocycles. The Bertz CT molecular complexity index is 779. The van der Waals surface area contributed by atoms with Crippen molar-refractivity contribution in [3.05, 3.63) is 90.5 Å². The van der Waals surface area contributed by atoms with Crippen molar-refractivity contribution in [3.8, 4) is 0 Å². The monoisotopic (exact) mass is 348 g/mol. The standard InChI is InChI=1S/C23H25OP/c1-2-3-6-11-20-16-18-23(19-17-20)25(24,21-12-7-4-8-13-21)22-14-9-5-10-15-22/h4-5,7-10,12-19H,2-3,6,11H2,1H3. The highest BCUT2D eigenvalue weighted by Crippen LogP contribution is 2.42. The normalized spacial score (nSPS) is 11.4. The van der Waals surface area contributed by atoms with Gasteiger partial charge in [0.1, 0.15) is 0 Å². The maximum Gasteiger partial charge on any atom is 0.171 e. The summed E-state index contributed by atoms with van der Waals surface area (Å²) in [5, 5.41) is 2.68. The second kappa shape index (κ2) is 8.32. The van der Waals surface area contributed by atoms with Gasteiger partial charge in [0, 0.05) is 15.9 Å². The van der Waals surface area contributed by atoms with Crippen molar-refractivity contribution in [2.24, 2.45) is 0 Å². The number of benzene rings is 3. The van der Waals surface area contributed by atoms with Gasteiger partial charge in [-0.1, -0.05) is 105 Å². The Morgan fingerprint density at radius 1 is 0.640 bits per heavy atom. The summed E-state index contributed by atoms with van der Waals surface area (Å²) in [5.41, 5.74) is 1.32. The Morgan fingerprint density at radius 3 is 1.60 bits per heavy atom. The Morgan fingerprint density at radius 2 is 1.12 bits per heavy atom. The van der Waals surface area contributed by atoms with Gasteiger partial charge in [-0.2, -0.15) is 0 Å². The number of hydrogen-bond acceptors (Lipinski definition) is 1. The molecule has 0 spiro atoms. The maximum absolute atomic E-state index is 14.2. The average Bonchev–Trinajstić information content (AvgIpc) is 2.69. The second-order valence-electron chi connectivity index (χ2n) is 6.40. The van der Waals surface area contributed by atoms with Crippen molar-refractivity contribution in [3.63, 3.8) is 0 Å². The van der Waals surface area contributed by atoms with E-state index in [-0.39, 0.29) is 0 Å².